The van der Waals surface area contributed by atoms with E-state index in [9.17, 15) is 34.4 Å². The van der Waals surface area contributed by atoms with Crippen LogP contribution in [0.5, 0.6) is 0 Å². The zero-order valence-electron chi connectivity index (χ0n) is 23.4. The van der Waals surface area contributed by atoms with Crippen LogP contribution in [0.25, 0.3) is 0 Å². The van der Waals surface area contributed by atoms with Gasteiger partial charge in [-0.05, 0) is 25.7 Å². The van der Waals surface area contributed by atoms with Gasteiger partial charge in [0, 0.05) is 39.1 Å². The molecule has 13 nitrogen and oxygen atoms in total. The number of aliphatic hydroxyl groups excluding tert-OH is 4. The number of halogens is 1. The van der Waals surface area contributed by atoms with Crippen molar-refractivity contribution in [2.45, 2.75) is 81.3 Å². The van der Waals surface area contributed by atoms with E-state index in [1.807, 2.05) is 0 Å². The van der Waals surface area contributed by atoms with Crippen molar-refractivity contribution in [3.63, 3.8) is 0 Å². The van der Waals surface area contributed by atoms with E-state index in [0.29, 0.717) is 78.4 Å². The van der Waals surface area contributed by atoms with E-state index in [1.54, 1.807) is 0 Å². The van der Waals surface area contributed by atoms with Crippen molar-refractivity contribution < 1.29 is 58.1 Å². The van der Waals surface area contributed by atoms with Gasteiger partial charge in [-0.25, -0.2) is 4.39 Å². The van der Waals surface area contributed by atoms with Gasteiger partial charge in [0.2, 0.25) is 11.6 Å². The van der Waals surface area contributed by atoms with E-state index in [2.05, 4.69) is 22.5 Å². The fraction of sp³-hybridized carbons (Fsp3) is 0.852. The van der Waals surface area contributed by atoms with Gasteiger partial charge in [-0.1, -0.05) is 18.3 Å². The van der Waals surface area contributed by atoms with Gasteiger partial charge in [0.15, 0.2) is 6.29 Å². The Labute approximate surface area is 240 Å². The highest BCUT2D eigenvalue weighted by Crippen LogP contribution is 2.22. The molecular formula is C27H45FN2O11. The largest absolute Gasteiger partial charge is 0.387 e. The quantitative estimate of drug-likeness (QED) is 0.0761. The molecule has 0 spiro atoms. The van der Waals surface area contributed by atoms with E-state index < -0.39 is 48.2 Å². The first-order valence-corrected chi connectivity index (χ1v) is 14.2. The smallest absolute Gasteiger partial charge is 0.270 e. The number of carbonyl (C=O) groups excluding carboxylic acids is 2. The summed E-state index contributed by atoms with van der Waals surface area (Å²) in [7, 11) is 0. The van der Waals surface area contributed by atoms with Crippen LogP contribution >= 0.6 is 0 Å². The van der Waals surface area contributed by atoms with Gasteiger partial charge >= 0.3 is 0 Å². The highest BCUT2D eigenvalue weighted by atomic mass is 19.1. The van der Waals surface area contributed by atoms with E-state index in [4.69, 9.17) is 23.7 Å². The van der Waals surface area contributed by atoms with Crippen molar-refractivity contribution in [1.29, 1.82) is 0 Å². The number of ether oxygens (including phenoxy) is 5. The first-order chi connectivity index (χ1) is 19.7. The Morgan fingerprint density at radius 3 is 2.15 bits per heavy atom. The van der Waals surface area contributed by atoms with Crippen LogP contribution in [0.2, 0.25) is 0 Å². The second kappa shape index (κ2) is 20.1. The van der Waals surface area contributed by atoms with Gasteiger partial charge in [0.05, 0.1) is 33.0 Å². The fourth-order valence-corrected chi connectivity index (χ4v) is 4.04. The molecule has 0 aromatic carbocycles. The summed E-state index contributed by atoms with van der Waals surface area (Å²) >= 11 is 0. The van der Waals surface area contributed by atoms with E-state index >= 15 is 0 Å². The first kappa shape index (κ1) is 35.3. The molecule has 2 aliphatic rings. The molecule has 2 amide bonds. The Morgan fingerprint density at radius 2 is 1.46 bits per heavy atom. The Balaban J connectivity index is 1.34. The van der Waals surface area contributed by atoms with Crippen molar-refractivity contribution in [2.24, 2.45) is 0 Å². The molecule has 0 aromatic heterocycles. The molecule has 14 heteroatoms. The highest BCUT2D eigenvalue weighted by Gasteiger charge is 2.43. The molecule has 0 radical (unpaired) electrons. The second-order valence-corrected chi connectivity index (χ2v) is 9.87. The number of aliphatic hydroxyl groups is 4. The van der Waals surface area contributed by atoms with Crippen molar-refractivity contribution >= 4 is 11.8 Å². The molecular weight excluding hydrogens is 547 g/mol. The van der Waals surface area contributed by atoms with Crippen LogP contribution < -0.4 is 10.6 Å². The Kier molecular flexibility index (Phi) is 17.3. The number of rotatable bonds is 19. The van der Waals surface area contributed by atoms with Crippen LogP contribution in [-0.4, -0.2) is 135 Å². The molecule has 1 saturated heterocycles. The maximum Gasteiger partial charge on any atom is 0.270 e. The van der Waals surface area contributed by atoms with Crippen LogP contribution in [0.4, 0.5) is 4.39 Å². The van der Waals surface area contributed by atoms with Gasteiger partial charge in [0.1, 0.15) is 31.0 Å². The summed E-state index contributed by atoms with van der Waals surface area (Å²) in [5.41, 5.74) is -2.09. The molecule has 236 valence electrons. The Hall–Kier alpha value is -1.93. The van der Waals surface area contributed by atoms with Crippen molar-refractivity contribution in [3.8, 4) is 11.8 Å². The molecule has 0 aromatic rings. The second-order valence-electron chi connectivity index (χ2n) is 9.87. The third-order valence-electron chi connectivity index (χ3n) is 6.45. The average Bonchev–Trinajstić information content (AvgIpc) is 2.94. The monoisotopic (exact) mass is 592 g/mol. The maximum absolute atomic E-state index is 14.7. The molecule has 1 heterocycles. The summed E-state index contributed by atoms with van der Waals surface area (Å²) in [4.78, 5) is 23.9. The predicted molar refractivity (Wildman–Crippen MR) is 142 cm³/mol. The number of nitrogens with one attached hydrogen (secondary N) is 2. The molecule has 1 aliphatic heterocycles. The van der Waals surface area contributed by atoms with Crippen LogP contribution in [0, 0.1) is 11.8 Å². The minimum absolute atomic E-state index is 0.133. The zero-order chi connectivity index (χ0) is 29.9. The number of hydrogen-bond donors (Lipinski definition) is 6. The zero-order valence-corrected chi connectivity index (χ0v) is 23.4. The molecule has 6 N–H and O–H groups in total. The number of amides is 2. The van der Waals surface area contributed by atoms with Gasteiger partial charge in [-0.15, -0.1) is 0 Å². The normalized spacial score (nSPS) is 28.2. The summed E-state index contributed by atoms with van der Waals surface area (Å²) in [5.74, 6) is 4.19. The molecule has 2 rings (SSSR count). The van der Waals surface area contributed by atoms with E-state index in [-0.39, 0.29) is 19.6 Å². The predicted octanol–water partition coefficient (Wildman–Crippen LogP) is -1.46. The third-order valence-corrected chi connectivity index (χ3v) is 6.45. The molecule has 6 atom stereocenters. The lowest BCUT2D eigenvalue weighted by Crippen LogP contribution is -2.58. The Bertz CT molecular complexity index is 827. The van der Waals surface area contributed by atoms with E-state index in [0.717, 1.165) is 12.8 Å². The molecule has 3 unspecified atom stereocenters. The van der Waals surface area contributed by atoms with E-state index in [1.165, 1.54) is 0 Å². The summed E-state index contributed by atoms with van der Waals surface area (Å²) in [6.45, 7) is 2.49. The average molecular weight is 593 g/mol. The van der Waals surface area contributed by atoms with Gasteiger partial charge in [-0.3, -0.25) is 9.59 Å². The minimum Gasteiger partial charge on any atom is -0.387 e. The van der Waals surface area contributed by atoms with Crippen LogP contribution in [-0.2, 0) is 33.3 Å². The van der Waals surface area contributed by atoms with Crippen molar-refractivity contribution in [1.82, 2.24) is 10.6 Å². The number of alkyl halides is 1. The topological polar surface area (TPSA) is 185 Å². The first-order valence-electron chi connectivity index (χ1n) is 14.2. The summed E-state index contributed by atoms with van der Waals surface area (Å²) < 4.78 is 41.2. The van der Waals surface area contributed by atoms with Crippen LogP contribution in [0.1, 0.15) is 44.9 Å². The van der Waals surface area contributed by atoms with Gasteiger partial charge < -0.3 is 54.7 Å². The van der Waals surface area contributed by atoms with Crippen molar-refractivity contribution in [2.75, 3.05) is 65.9 Å². The maximum atomic E-state index is 14.7. The van der Waals surface area contributed by atoms with Crippen LogP contribution in [0.15, 0.2) is 0 Å². The summed E-state index contributed by atoms with van der Waals surface area (Å²) in [6.07, 6.45) is -3.04. The number of hydrogen-bond acceptors (Lipinski definition) is 11. The summed E-state index contributed by atoms with van der Waals surface area (Å²) in [6, 6.07) is 0. The third kappa shape index (κ3) is 13.7. The standard InChI is InChI=1S/C27H45FN2O11/c28-27(8-4-2-1-3-5-9-27)26(36)30-11-7-13-38-15-17-39-16-14-37-12-6-10-29-21(31)19-40-18-20-22(32)23(33)24(34)25(35)41-20/h20,22-25,32-35H,1-4,6-8,10-19H2,(H,29,31)(H,30,36)/t20?,22-,23+,24?,25-,27?/m1/s1. The molecule has 0 saturated carbocycles. The Morgan fingerprint density at radius 1 is 0.829 bits per heavy atom. The molecule has 0 bridgehead atoms. The lowest BCUT2D eigenvalue weighted by atomic mass is 9.94. The number of carbonyl (C=O) groups is 2. The lowest BCUT2D eigenvalue weighted by Gasteiger charge is -2.38. The van der Waals surface area contributed by atoms with Crippen molar-refractivity contribution in [3.05, 3.63) is 0 Å². The fourth-order valence-electron chi connectivity index (χ4n) is 4.04. The lowest BCUT2D eigenvalue weighted by molar-refractivity contribution is -0.288. The van der Waals surface area contributed by atoms with Crippen LogP contribution in [0.3, 0.4) is 0 Å². The molecule has 1 fully saturated rings. The summed E-state index contributed by atoms with van der Waals surface area (Å²) in [5, 5.41) is 43.6. The SMILES string of the molecule is O=C(COCC1O[C@@H](O)C(O)[C@@H](O)[C@@H]1O)NCCCOCCOCCOCCCNC(=O)C1(F)C#CCCCCC1. The van der Waals surface area contributed by atoms with Gasteiger partial charge in [0.25, 0.3) is 5.91 Å². The highest BCUT2D eigenvalue weighted by molar-refractivity contribution is 5.88. The molecule has 41 heavy (non-hydrogen) atoms. The molecule has 1 aliphatic carbocycles. The van der Waals surface area contributed by atoms with Gasteiger partial charge in [-0.2, -0.15) is 0 Å². The minimum atomic E-state index is -2.09.